The van der Waals surface area contributed by atoms with Crippen molar-refractivity contribution in [2.24, 2.45) is 5.92 Å². The highest BCUT2D eigenvalue weighted by molar-refractivity contribution is 9.11. The van der Waals surface area contributed by atoms with E-state index < -0.39 is 10.0 Å². The van der Waals surface area contributed by atoms with E-state index in [-0.39, 0.29) is 22.5 Å². The second-order valence-electron chi connectivity index (χ2n) is 5.56. The molecule has 0 aromatic heterocycles. The lowest BCUT2D eigenvalue weighted by Gasteiger charge is -2.35. The number of sulfonamides is 1. The molecule has 0 aliphatic carbocycles. The van der Waals surface area contributed by atoms with Gasteiger partial charge in [0.25, 0.3) is 0 Å². The minimum atomic E-state index is -3.65. The van der Waals surface area contributed by atoms with Crippen LogP contribution >= 0.6 is 31.9 Å². The third-order valence-electron chi connectivity index (χ3n) is 3.72. The molecule has 0 amide bonds. The van der Waals surface area contributed by atoms with Crippen LogP contribution in [0.5, 0.6) is 0 Å². The Labute approximate surface area is 142 Å². The van der Waals surface area contributed by atoms with Gasteiger partial charge in [0.2, 0.25) is 10.0 Å². The van der Waals surface area contributed by atoms with Gasteiger partial charge in [0.1, 0.15) is 4.90 Å². The van der Waals surface area contributed by atoms with Crippen molar-refractivity contribution in [3.8, 4) is 0 Å². The Hall–Kier alpha value is -0.150. The topological polar surface area (TPSA) is 75.4 Å². The van der Waals surface area contributed by atoms with Crippen molar-refractivity contribution < 1.29 is 8.42 Å². The third kappa shape index (κ3) is 3.98. The molecule has 21 heavy (non-hydrogen) atoms. The summed E-state index contributed by atoms with van der Waals surface area (Å²) in [7, 11) is -1.60. The minimum absolute atomic E-state index is 0.0684. The Kier molecular flexibility index (Phi) is 5.36. The van der Waals surface area contributed by atoms with Crippen LogP contribution in [-0.2, 0) is 10.0 Å². The summed E-state index contributed by atoms with van der Waals surface area (Å²) in [5, 5.41) is 0. The maximum absolute atomic E-state index is 12.6. The number of halogens is 2. The number of piperidine rings is 1. The lowest BCUT2D eigenvalue weighted by Crippen LogP contribution is -2.48. The van der Waals surface area contributed by atoms with Crippen molar-refractivity contribution in [1.82, 2.24) is 9.62 Å². The molecule has 0 bridgehead atoms. The maximum atomic E-state index is 12.6. The second-order valence-corrected chi connectivity index (χ2v) is 8.98. The number of hydrogen-bond acceptors (Lipinski definition) is 4. The molecule has 2 atom stereocenters. The average Bonchev–Trinajstić information content (AvgIpc) is 2.30. The van der Waals surface area contributed by atoms with Gasteiger partial charge in [-0.05, 0) is 54.0 Å². The maximum Gasteiger partial charge on any atom is 0.244 e. The number of likely N-dealkylation sites (tertiary alicyclic amines) is 1. The highest BCUT2D eigenvalue weighted by Crippen LogP contribution is 2.32. The monoisotopic (exact) mass is 439 g/mol. The molecule has 1 aromatic rings. The molecular weight excluding hydrogens is 422 g/mol. The summed E-state index contributed by atoms with van der Waals surface area (Å²) < 4.78 is 29.3. The molecule has 0 saturated carbocycles. The predicted molar refractivity (Wildman–Crippen MR) is 91.6 cm³/mol. The zero-order valence-corrected chi connectivity index (χ0v) is 15.9. The predicted octanol–water partition coefficient (Wildman–Crippen LogP) is 2.41. The molecule has 1 aromatic carbocycles. The Morgan fingerprint density at radius 1 is 1.38 bits per heavy atom. The van der Waals surface area contributed by atoms with Crippen LogP contribution in [0.2, 0.25) is 0 Å². The molecule has 3 N–H and O–H groups in total. The molecule has 1 heterocycles. The van der Waals surface area contributed by atoms with E-state index >= 15 is 0 Å². The van der Waals surface area contributed by atoms with Crippen LogP contribution in [0.15, 0.2) is 26.0 Å². The summed E-state index contributed by atoms with van der Waals surface area (Å²) in [6.45, 7) is 3.82. The van der Waals surface area contributed by atoms with Crippen LogP contribution in [-0.4, -0.2) is 39.5 Å². The minimum Gasteiger partial charge on any atom is -0.398 e. The zero-order chi connectivity index (χ0) is 15.8. The smallest absolute Gasteiger partial charge is 0.244 e. The van der Waals surface area contributed by atoms with Gasteiger partial charge in [-0.15, -0.1) is 0 Å². The number of nitrogens with two attached hydrogens (primary N) is 1. The van der Waals surface area contributed by atoms with Crippen molar-refractivity contribution in [3.05, 3.63) is 21.1 Å². The van der Waals surface area contributed by atoms with E-state index in [1.165, 1.54) is 0 Å². The third-order valence-corrected chi connectivity index (χ3v) is 6.67. The van der Waals surface area contributed by atoms with Crippen LogP contribution < -0.4 is 10.5 Å². The zero-order valence-electron chi connectivity index (χ0n) is 11.9. The van der Waals surface area contributed by atoms with Gasteiger partial charge >= 0.3 is 0 Å². The number of nitrogens with one attached hydrogen (secondary N) is 1. The summed E-state index contributed by atoms with van der Waals surface area (Å²) in [4.78, 5) is 2.32. The van der Waals surface area contributed by atoms with E-state index in [2.05, 4.69) is 48.4 Å². The van der Waals surface area contributed by atoms with Crippen molar-refractivity contribution in [1.29, 1.82) is 0 Å². The number of nitrogen functional groups attached to an aromatic ring is 1. The van der Waals surface area contributed by atoms with Crippen LogP contribution in [0, 0.1) is 5.92 Å². The first-order valence-corrected chi connectivity index (χ1v) is 9.73. The van der Waals surface area contributed by atoms with Gasteiger partial charge in [-0.1, -0.05) is 22.9 Å². The van der Waals surface area contributed by atoms with Crippen LogP contribution in [0.1, 0.15) is 13.3 Å². The van der Waals surface area contributed by atoms with E-state index in [0.29, 0.717) is 4.47 Å². The standard InChI is InChI=1S/C13H19Br2N3O2S/c1-8-7-18(2)4-3-12(8)17-21(19,20)13-10(15)5-9(14)6-11(13)16/h5-6,8,12,17H,3-4,7,16H2,1-2H3. The van der Waals surface area contributed by atoms with Gasteiger partial charge in [0.15, 0.2) is 0 Å². The van der Waals surface area contributed by atoms with Gasteiger partial charge in [0, 0.05) is 21.5 Å². The van der Waals surface area contributed by atoms with Crippen molar-refractivity contribution >= 4 is 47.6 Å². The Morgan fingerprint density at radius 3 is 2.62 bits per heavy atom. The first-order valence-electron chi connectivity index (χ1n) is 6.66. The van der Waals surface area contributed by atoms with E-state index in [0.717, 1.165) is 24.0 Å². The molecule has 1 fully saturated rings. The molecule has 8 heteroatoms. The second kappa shape index (κ2) is 6.54. The normalized spacial score (nSPS) is 24.2. The molecule has 5 nitrogen and oxygen atoms in total. The van der Waals surface area contributed by atoms with Crippen LogP contribution in [0.3, 0.4) is 0 Å². The highest BCUT2D eigenvalue weighted by Gasteiger charge is 2.30. The quantitative estimate of drug-likeness (QED) is 0.707. The summed E-state index contributed by atoms with van der Waals surface area (Å²) in [5.74, 6) is 0.258. The fourth-order valence-corrected chi connectivity index (χ4v) is 6.10. The molecular formula is C13H19Br2N3O2S. The average molecular weight is 441 g/mol. The van der Waals surface area contributed by atoms with Gasteiger partial charge in [-0.3, -0.25) is 0 Å². The summed E-state index contributed by atoms with van der Waals surface area (Å²) >= 11 is 6.58. The summed E-state index contributed by atoms with van der Waals surface area (Å²) in [6, 6.07) is 3.21. The summed E-state index contributed by atoms with van der Waals surface area (Å²) in [5.41, 5.74) is 6.11. The molecule has 2 rings (SSSR count). The van der Waals surface area contributed by atoms with Gasteiger partial charge in [0.05, 0.1) is 5.69 Å². The molecule has 118 valence electrons. The van der Waals surface area contributed by atoms with E-state index in [4.69, 9.17) is 5.73 Å². The van der Waals surface area contributed by atoms with Gasteiger partial charge < -0.3 is 10.6 Å². The number of anilines is 1. The Bertz CT molecular complexity index is 613. The van der Waals surface area contributed by atoms with E-state index in [1.54, 1.807) is 12.1 Å². The lowest BCUT2D eigenvalue weighted by atomic mass is 9.95. The number of nitrogens with zero attached hydrogens (tertiary/aromatic N) is 1. The van der Waals surface area contributed by atoms with Gasteiger partial charge in [-0.25, -0.2) is 13.1 Å². The lowest BCUT2D eigenvalue weighted by molar-refractivity contribution is 0.188. The highest BCUT2D eigenvalue weighted by atomic mass is 79.9. The largest absolute Gasteiger partial charge is 0.398 e. The Balaban J connectivity index is 2.27. The van der Waals surface area contributed by atoms with Crippen molar-refractivity contribution in [2.75, 3.05) is 25.9 Å². The molecule has 2 unspecified atom stereocenters. The van der Waals surface area contributed by atoms with E-state index in [9.17, 15) is 8.42 Å². The number of rotatable bonds is 3. The first-order chi connectivity index (χ1) is 9.70. The van der Waals surface area contributed by atoms with Crippen LogP contribution in [0.25, 0.3) is 0 Å². The fourth-order valence-electron chi connectivity index (χ4n) is 2.65. The van der Waals surface area contributed by atoms with Crippen molar-refractivity contribution in [2.45, 2.75) is 24.3 Å². The molecule has 0 spiro atoms. The van der Waals surface area contributed by atoms with Crippen molar-refractivity contribution in [3.63, 3.8) is 0 Å². The molecule has 1 saturated heterocycles. The summed E-state index contributed by atoms with van der Waals surface area (Å²) in [6.07, 6.45) is 0.797. The number of benzene rings is 1. The van der Waals surface area contributed by atoms with Crippen LogP contribution in [0.4, 0.5) is 5.69 Å². The molecule has 1 aliphatic heterocycles. The fraction of sp³-hybridized carbons (Fsp3) is 0.538. The van der Waals surface area contributed by atoms with Gasteiger partial charge in [-0.2, -0.15) is 0 Å². The van der Waals surface area contributed by atoms with E-state index in [1.807, 2.05) is 7.05 Å². The number of hydrogen-bond donors (Lipinski definition) is 2. The molecule has 1 aliphatic rings. The SMILES string of the molecule is CC1CN(C)CCC1NS(=O)(=O)c1c(N)cc(Br)cc1Br. The first kappa shape index (κ1) is 17.2. The Morgan fingerprint density at radius 2 is 2.05 bits per heavy atom. The molecule has 0 radical (unpaired) electrons.